The Hall–Kier alpha value is -1.63. The van der Waals surface area contributed by atoms with Crippen LogP contribution in [0.3, 0.4) is 0 Å². The van der Waals surface area contributed by atoms with Gasteiger partial charge in [0, 0.05) is 17.6 Å². The third-order valence-electron chi connectivity index (χ3n) is 2.50. The first-order valence-corrected chi connectivity index (χ1v) is 7.45. The van der Waals surface area contributed by atoms with Gasteiger partial charge in [-0.3, -0.25) is 9.59 Å². The predicted molar refractivity (Wildman–Crippen MR) is 76.7 cm³/mol. The van der Waals surface area contributed by atoms with Gasteiger partial charge in [-0.15, -0.1) is 11.3 Å². The maximum atomic E-state index is 11.8. The van der Waals surface area contributed by atoms with Gasteiger partial charge in [0.2, 0.25) is 0 Å². The zero-order valence-electron chi connectivity index (χ0n) is 12.0. The number of thiazole rings is 1. The lowest BCUT2D eigenvalue weighted by Crippen LogP contribution is -2.33. The first-order valence-electron chi connectivity index (χ1n) is 6.64. The van der Waals surface area contributed by atoms with E-state index in [-0.39, 0.29) is 19.8 Å². The summed E-state index contributed by atoms with van der Waals surface area (Å²) >= 11 is 1.50. The van der Waals surface area contributed by atoms with Crippen molar-refractivity contribution in [2.45, 2.75) is 27.2 Å². The largest absolute Gasteiger partial charge is 0.465 e. The molecule has 7 heteroatoms. The summed E-state index contributed by atoms with van der Waals surface area (Å²) in [6.07, 6.45) is 2.68. The highest BCUT2D eigenvalue weighted by molar-refractivity contribution is 7.15. The van der Waals surface area contributed by atoms with Gasteiger partial charge in [-0.2, -0.15) is 0 Å². The Morgan fingerprint density at radius 1 is 1.25 bits per heavy atom. The molecule has 1 N–H and O–H groups in total. The van der Waals surface area contributed by atoms with E-state index in [1.54, 1.807) is 20.0 Å². The lowest BCUT2D eigenvalue weighted by Gasteiger charge is -2.14. The van der Waals surface area contributed by atoms with Gasteiger partial charge < -0.3 is 14.8 Å². The van der Waals surface area contributed by atoms with E-state index in [1.165, 1.54) is 11.3 Å². The standard InChI is InChI=1S/C13H20N2O4S/c1-4-9-7-14-13(20-9)15-8-10(11(16)18-5-2)12(17)19-6-3/h7,10H,4-6,8H2,1-3H3,(H,14,15). The van der Waals surface area contributed by atoms with Crippen molar-refractivity contribution in [3.05, 3.63) is 11.1 Å². The quantitative estimate of drug-likeness (QED) is 0.583. The molecule has 20 heavy (non-hydrogen) atoms. The summed E-state index contributed by atoms with van der Waals surface area (Å²) < 4.78 is 9.78. The van der Waals surface area contributed by atoms with Crippen LogP contribution in [0.1, 0.15) is 25.6 Å². The van der Waals surface area contributed by atoms with Crippen LogP contribution in [0.25, 0.3) is 0 Å². The molecule has 0 saturated heterocycles. The monoisotopic (exact) mass is 300 g/mol. The molecule has 0 fully saturated rings. The molecule has 1 aromatic rings. The number of carbonyl (C=O) groups excluding carboxylic acids is 2. The van der Waals surface area contributed by atoms with Crippen molar-refractivity contribution in [2.24, 2.45) is 5.92 Å². The fourth-order valence-electron chi connectivity index (χ4n) is 1.49. The number of anilines is 1. The molecule has 0 saturated carbocycles. The summed E-state index contributed by atoms with van der Waals surface area (Å²) in [4.78, 5) is 28.8. The molecule has 0 aliphatic carbocycles. The van der Waals surface area contributed by atoms with Crippen molar-refractivity contribution < 1.29 is 19.1 Å². The lowest BCUT2D eigenvalue weighted by molar-refractivity contribution is -0.160. The predicted octanol–water partition coefficient (Wildman–Crippen LogP) is 1.86. The average molecular weight is 300 g/mol. The molecule has 0 aliphatic heterocycles. The fourth-order valence-corrected chi connectivity index (χ4v) is 2.25. The SMILES string of the molecule is CCOC(=O)C(CNc1ncc(CC)s1)C(=O)OCC. The smallest absolute Gasteiger partial charge is 0.322 e. The van der Waals surface area contributed by atoms with Gasteiger partial charge in [-0.05, 0) is 20.3 Å². The van der Waals surface area contributed by atoms with E-state index >= 15 is 0 Å². The van der Waals surface area contributed by atoms with Gasteiger partial charge in [-0.1, -0.05) is 6.92 Å². The third-order valence-corrected chi connectivity index (χ3v) is 3.60. The average Bonchev–Trinajstić information content (AvgIpc) is 2.87. The second-order valence-electron chi connectivity index (χ2n) is 3.92. The molecule has 1 aromatic heterocycles. The van der Waals surface area contributed by atoms with Gasteiger partial charge in [0.1, 0.15) is 0 Å². The van der Waals surface area contributed by atoms with E-state index in [1.807, 2.05) is 6.92 Å². The van der Waals surface area contributed by atoms with Crippen molar-refractivity contribution in [3.63, 3.8) is 0 Å². The van der Waals surface area contributed by atoms with Crippen molar-refractivity contribution in [3.8, 4) is 0 Å². The first-order chi connectivity index (χ1) is 9.62. The number of aromatic nitrogens is 1. The van der Waals surface area contributed by atoms with Gasteiger partial charge in [0.05, 0.1) is 13.2 Å². The molecule has 1 heterocycles. The van der Waals surface area contributed by atoms with Crippen LogP contribution in [0, 0.1) is 5.92 Å². The number of nitrogens with one attached hydrogen (secondary N) is 1. The van der Waals surface area contributed by atoms with E-state index < -0.39 is 17.9 Å². The van der Waals surface area contributed by atoms with E-state index in [9.17, 15) is 9.59 Å². The van der Waals surface area contributed by atoms with Crippen LogP contribution < -0.4 is 5.32 Å². The number of hydrogen-bond donors (Lipinski definition) is 1. The molecule has 0 unspecified atom stereocenters. The summed E-state index contributed by atoms with van der Waals surface area (Å²) in [5, 5.41) is 3.66. The van der Waals surface area contributed by atoms with Crippen LogP contribution >= 0.6 is 11.3 Å². The van der Waals surface area contributed by atoms with Gasteiger partial charge in [0.25, 0.3) is 0 Å². The van der Waals surface area contributed by atoms with Crippen molar-refractivity contribution in [1.29, 1.82) is 0 Å². The number of ether oxygens (including phenoxy) is 2. The topological polar surface area (TPSA) is 77.5 Å². The minimum atomic E-state index is -0.969. The zero-order valence-corrected chi connectivity index (χ0v) is 12.8. The number of rotatable bonds is 8. The van der Waals surface area contributed by atoms with Crippen molar-refractivity contribution in [1.82, 2.24) is 4.98 Å². The highest BCUT2D eigenvalue weighted by Crippen LogP contribution is 2.19. The summed E-state index contributed by atoms with van der Waals surface area (Å²) in [6, 6.07) is 0. The molecule has 0 aliphatic rings. The van der Waals surface area contributed by atoms with Crippen LogP contribution in [0.2, 0.25) is 0 Å². The molecule has 112 valence electrons. The maximum Gasteiger partial charge on any atom is 0.322 e. The molecular weight excluding hydrogens is 280 g/mol. The normalized spacial score (nSPS) is 10.4. The molecule has 6 nitrogen and oxygen atoms in total. The number of carbonyl (C=O) groups is 2. The van der Waals surface area contributed by atoms with Crippen LogP contribution in [0.15, 0.2) is 6.20 Å². The minimum Gasteiger partial charge on any atom is -0.465 e. The molecule has 1 rings (SSSR count). The fraction of sp³-hybridized carbons (Fsp3) is 0.615. The van der Waals surface area contributed by atoms with E-state index in [4.69, 9.17) is 9.47 Å². The third kappa shape index (κ3) is 4.80. The number of nitrogens with zero attached hydrogens (tertiary/aromatic N) is 1. The molecule has 0 atom stereocenters. The molecular formula is C13H20N2O4S. The van der Waals surface area contributed by atoms with E-state index in [2.05, 4.69) is 10.3 Å². The molecule has 0 spiro atoms. The molecule has 0 bridgehead atoms. The van der Waals surface area contributed by atoms with Gasteiger partial charge in [0.15, 0.2) is 11.0 Å². The maximum absolute atomic E-state index is 11.8. The Bertz CT molecular complexity index is 429. The highest BCUT2D eigenvalue weighted by atomic mass is 32.1. The van der Waals surface area contributed by atoms with Crippen LogP contribution in [-0.2, 0) is 25.5 Å². The Balaban J connectivity index is 2.63. The summed E-state index contributed by atoms with van der Waals surface area (Å²) in [6.45, 7) is 6.01. The lowest BCUT2D eigenvalue weighted by atomic mass is 10.1. The molecule has 0 amide bonds. The summed E-state index contributed by atoms with van der Waals surface area (Å²) in [5.74, 6) is -2.12. The summed E-state index contributed by atoms with van der Waals surface area (Å²) in [7, 11) is 0. The number of esters is 2. The number of aryl methyl sites for hydroxylation is 1. The Labute approximate surface area is 122 Å². The van der Waals surface area contributed by atoms with Gasteiger partial charge >= 0.3 is 11.9 Å². The Morgan fingerprint density at radius 2 is 1.85 bits per heavy atom. The minimum absolute atomic E-state index is 0.119. The van der Waals surface area contributed by atoms with E-state index in [0.717, 1.165) is 11.3 Å². The van der Waals surface area contributed by atoms with Crippen LogP contribution in [-0.4, -0.2) is 36.7 Å². The Morgan fingerprint density at radius 3 is 2.30 bits per heavy atom. The van der Waals surface area contributed by atoms with E-state index in [0.29, 0.717) is 5.13 Å². The molecule has 0 aromatic carbocycles. The number of hydrogen-bond acceptors (Lipinski definition) is 7. The second-order valence-corrected chi connectivity index (χ2v) is 5.04. The van der Waals surface area contributed by atoms with Crippen molar-refractivity contribution >= 4 is 28.4 Å². The Kier molecular flexibility index (Phi) is 7.00. The second kappa shape index (κ2) is 8.52. The first kappa shape index (κ1) is 16.4. The highest BCUT2D eigenvalue weighted by Gasteiger charge is 2.29. The van der Waals surface area contributed by atoms with Gasteiger partial charge in [-0.25, -0.2) is 4.98 Å². The van der Waals surface area contributed by atoms with Crippen LogP contribution in [0.4, 0.5) is 5.13 Å². The molecule has 0 radical (unpaired) electrons. The van der Waals surface area contributed by atoms with Crippen LogP contribution in [0.5, 0.6) is 0 Å². The van der Waals surface area contributed by atoms with Crippen molar-refractivity contribution in [2.75, 3.05) is 25.1 Å². The summed E-state index contributed by atoms with van der Waals surface area (Å²) in [5.41, 5.74) is 0. The zero-order chi connectivity index (χ0) is 15.0.